The van der Waals surface area contributed by atoms with Gasteiger partial charge in [0.05, 0.1) is 6.54 Å². The van der Waals surface area contributed by atoms with Crippen LogP contribution in [0.15, 0.2) is 24.3 Å². The molecule has 1 N–H and O–H groups in total. The second kappa shape index (κ2) is 6.19. The highest BCUT2D eigenvalue weighted by atomic mass is 19.1. The number of halogens is 1. The van der Waals surface area contributed by atoms with E-state index in [0.29, 0.717) is 17.8 Å². The Balaban J connectivity index is 2.49. The van der Waals surface area contributed by atoms with Crippen molar-refractivity contribution in [1.29, 1.82) is 0 Å². The van der Waals surface area contributed by atoms with E-state index in [0.717, 1.165) is 16.8 Å². The molecule has 0 unspecified atom stereocenters. The third-order valence-corrected chi connectivity index (χ3v) is 4.13. The van der Waals surface area contributed by atoms with Crippen LogP contribution in [0.3, 0.4) is 0 Å². The van der Waals surface area contributed by atoms with Crippen molar-refractivity contribution in [3.05, 3.63) is 58.2 Å². The maximum atomic E-state index is 14.0. The average molecular weight is 316 g/mol. The summed E-state index contributed by atoms with van der Waals surface area (Å²) in [6.45, 7) is 12.1. The van der Waals surface area contributed by atoms with E-state index >= 15 is 0 Å². The minimum atomic E-state index is -0.321. The van der Waals surface area contributed by atoms with Crippen molar-refractivity contribution >= 4 is 5.91 Å². The number of carbonyl (C=O) groups excluding carboxylic acids is 1. The number of nitrogens with one attached hydrogen (secondary N) is 1. The highest BCUT2D eigenvalue weighted by molar-refractivity contribution is 5.95. The topological polar surface area (TPSA) is 34.0 Å². The number of nitrogens with zero attached hydrogens (tertiary/aromatic N) is 1. The van der Waals surface area contributed by atoms with Crippen molar-refractivity contribution in [2.75, 3.05) is 0 Å². The maximum absolute atomic E-state index is 14.0. The van der Waals surface area contributed by atoms with Gasteiger partial charge >= 0.3 is 0 Å². The maximum Gasteiger partial charge on any atom is 0.268 e. The van der Waals surface area contributed by atoms with Crippen molar-refractivity contribution in [2.24, 2.45) is 0 Å². The van der Waals surface area contributed by atoms with Crippen molar-refractivity contribution in [3.63, 3.8) is 0 Å². The first kappa shape index (κ1) is 17.3. The summed E-state index contributed by atoms with van der Waals surface area (Å²) < 4.78 is 15.9. The van der Waals surface area contributed by atoms with Crippen LogP contribution < -0.4 is 5.32 Å². The van der Waals surface area contributed by atoms with Crippen molar-refractivity contribution in [3.8, 4) is 0 Å². The Morgan fingerprint density at radius 3 is 2.30 bits per heavy atom. The summed E-state index contributed by atoms with van der Waals surface area (Å²) >= 11 is 0. The minimum Gasteiger partial charge on any atom is -0.346 e. The first-order chi connectivity index (χ1) is 10.6. The van der Waals surface area contributed by atoms with Gasteiger partial charge in [-0.25, -0.2) is 4.39 Å². The van der Waals surface area contributed by atoms with Crippen LogP contribution in [0.1, 0.15) is 53.6 Å². The lowest BCUT2D eigenvalue weighted by atomic mass is 10.1. The fourth-order valence-corrected chi connectivity index (χ4v) is 2.71. The summed E-state index contributed by atoms with van der Waals surface area (Å²) in [5, 5.41) is 3.00. The molecule has 0 aliphatic heterocycles. The lowest BCUT2D eigenvalue weighted by Crippen LogP contribution is -2.41. The number of carbonyl (C=O) groups is 1. The lowest BCUT2D eigenvalue weighted by Gasteiger charge is -2.22. The molecule has 1 aromatic heterocycles. The molecule has 0 bridgehead atoms. The Labute approximate surface area is 137 Å². The van der Waals surface area contributed by atoms with Gasteiger partial charge in [0.15, 0.2) is 0 Å². The molecule has 1 heterocycles. The Morgan fingerprint density at radius 2 is 1.74 bits per heavy atom. The molecule has 0 atom stereocenters. The van der Waals surface area contributed by atoms with Crippen LogP contribution in [0.4, 0.5) is 4.39 Å². The van der Waals surface area contributed by atoms with Gasteiger partial charge in [-0.2, -0.15) is 0 Å². The van der Waals surface area contributed by atoms with E-state index < -0.39 is 0 Å². The molecule has 0 radical (unpaired) electrons. The zero-order valence-corrected chi connectivity index (χ0v) is 14.7. The van der Waals surface area contributed by atoms with Crippen LogP contribution in [0.5, 0.6) is 0 Å². The molecular formula is C19H25FN2O. The summed E-state index contributed by atoms with van der Waals surface area (Å²) in [7, 11) is 0. The smallest absolute Gasteiger partial charge is 0.268 e. The van der Waals surface area contributed by atoms with E-state index in [-0.39, 0.29) is 17.3 Å². The zero-order chi connectivity index (χ0) is 17.4. The van der Waals surface area contributed by atoms with Gasteiger partial charge < -0.3 is 9.88 Å². The van der Waals surface area contributed by atoms with Crippen LogP contribution in [0.2, 0.25) is 0 Å². The summed E-state index contributed by atoms with van der Waals surface area (Å²) in [4.78, 5) is 12.7. The molecule has 1 amide bonds. The fourth-order valence-electron chi connectivity index (χ4n) is 2.71. The predicted molar refractivity (Wildman–Crippen MR) is 91.4 cm³/mol. The van der Waals surface area contributed by atoms with E-state index in [1.54, 1.807) is 12.1 Å². The molecule has 0 saturated heterocycles. The molecule has 4 heteroatoms. The first-order valence-corrected chi connectivity index (χ1v) is 7.84. The Morgan fingerprint density at radius 1 is 1.13 bits per heavy atom. The molecule has 0 saturated carbocycles. The Kier molecular flexibility index (Phi) is 4.64. The molecular weight excluding hydrogens is 291 g/mol. The van der Waals surface area contributed by atoms with Crippen molar-refractivity contribution < 1.29 is 9.18 Å². The minimum absolute atomic E-state index is 0.123. The Bertz CT molecular complexity index is 739. The van der Waals surface area contributed by atoms with Gasteiger partial charge in [-0.3, -0.25) is 4.79 Å². The van der Waals surface area contributed by atoms with Gasteiger partial charge in [-0.15, -0.1) is 0 Å². The van der Waals surface area contributed by atoms with E-state index in [9.17, 15) is 9.18 Å². The van der Waals surface area contributed by atoms with Crippen LogP contribution in [0.25, 0.3) is 0 Å². The second-order valence-corrected chi connectivity index (χ2v) is 7.07. The molecule has 3 nitrogen and oxygen atoms in total. The molecule has 0 aliphatic carbocycles. The first-order valence-electron chi connectivity index (χ1n) is 7.84. The SMILES string of the molecule is Cc1c(C)c(C(=O)NC(C)(C)C)n(Cc2ccccc2F)c1C. The second-order valence-electron chi connectivity index (χ2n) is 7.07. The highest BCUT2D eigenvalue weighted by Gasteiger charge is 2.24. The standard InChI is InChI=1S/C19H25FN2O/c1-12-13(2)17(18(23)21-19(4,5)6)22(14(12)3)11-15-9-7-8-10-16(15)20/h7-10H,11H2,1-6H3,(H,21,23). The highest BCUT2D eigenvalue weighted by Crippen LogP contribution is 2.24. The number of rotatable bonds is 3. The van der Waals surface area contributed by atoms with Gasteiger partial charge in [0.25, 0.3) is 5.91 Å². The molecule has 0 fully saturated rings. The number of benzene rings is 1. The number of amides is 1. The van der Waals surface area contributed by atoms with Crippen molar-refractivity contribution in [2.45, 2.75) is 53.6 Å². The molecule has 0 spiro atoms. The molecule has 124 valence electrons. The van der Waals surface area contributed by atoms with Gasteiger partial charge in [0.1, 0.15) is 11.5 Å². The Hall–Kier alpha value is -2.10. The van der Waals surface area contributed by atoms with E-state index in [4.69, 9.17) is 0 Å². The van der Waals surface area contributed by atoms with Gasteiger partial charge in [-0.05, 0) is 58.7 Å². The van der Waals surface area contributed by atoms with E-state index in [1.807, 2.05) is 52.2 Å². The van der Waals surface area contributed by atoms with Crippen LogP contribution >= 0.6 is 0 Å². The number of hydrogen-bond acceptors (Lipinski definition) is 1. The quantitative estimate of drug-likeness (QED) is 0.907. The van der Waals surface area contributed by atoms with E-state index in [1.165, 1.54) is 6.07 Å². The van der Waals surface area contributed by atoms with Crippen molar-refractivity contribution in [1.82, 2.24) is 9.88 Å². The summed E-state index contributed by atoms with van der Waals surface area (Å²) in [6, 6.07) is 6.69. The number of aromatic nitrogens is 1. The molecule has 2 aromatic rings. The van der Waals surface area contributed by atoms with Crippen LogP contribution in [-0.4, -0.2) is 16.0 Å². The lowest BCUT2D eigenvalue weighted by molar-refractivity contribution is 0.0909. The molecule has 0 aliphatic rings. The summed E-state index contributed by atoms with van der Waals surface area (Å²) in [6.07, 6.45) is 0. The van der Waals surface area contributed by atoms with Gasteiger partial charge in [-0.1, -0.05) is 18.2 Å². The zero-order valence-electron chi connectivity index (χ0n) is 14.7. The van der Waals surface area contributed by atoms with Crippen LogP contribution in [-0.2, 0) is 6.54 Å². The van der Waals surface area contributed by atoms with Gasteiger partial charge in [0.2, 0.25) is 0 Å². The molecule has 23 heavy (non-hydrogen) atoms. The number of hydrogen-bond donors (Lipinski definition) is 1. The molecule has 1 aromatic carbocycles. The fraction of sp³-hybridized carbons (Fsp3) is 0.421. The summed E-state index contributed by atoms with van der Waals surface area (Å²) in [5.74, 6) is -0.374. The normalized spacial score (nSPS) is 11.6. The van der Waals surface area contributed by atoms with E-state index in [2.05, 4.69) is 5.32 Å². The van der Waals surface area contributed by atoms with Crippen LogP contribution in [0, 0.1) is 26.6 Å². The summed E-state index contributed by atoms with van der Waals surface area (Å²) in [5.41, 5.74) is 3.87. The van der Waals surface area contributed by atoms with Gasteiger partial charge in [0, 0.05) is 16.8 Å². The predicted octanol–water partition coefficient (Wildman–Crippen LogP) is 4.13. The molecule has 2 rings (SSSR count). The third kappa shape index (κ3) is 3.63. The average Bonchev–Trinajstić information content (AvgIpc) is 2.64. The third-order valence-electron chi connectivity index (χ3n) is 4.13. The monoisotopic (exact) mass is 316 g/mol. The largest absolute Gasteiger partial charge is 0.346 e.